The zero-order valence-electron chi connectivity index (χ0n) is 11.8. The maximum absolute atomic E-state index is 12.3. The van der Waals surface area contributed by atoms with Gasteiger partial charge in [0.15, 0.2) is 0 Å². The quantitative estimate of drug-likeness (QED) is 0.889. The molecule has 6 heteroatoms. The molecule has 0 fully saturated rings. The van der Waals surface area contributed by atoms with Gasteiger partial charge in [-0.25, -0.2) is 18.1 Å². The molecule has 2 N–H and O–H groups in total. The average molecular weight is 293 g/mol. The second-order valence-electron chi connectivity index (χ2n) is 5.04. The molecule has 1 aromatic carbocycles. The highest BCUT2D eigenvalue weighted by molar-refractivity contribution is 7.89. The van der Waals surface area contributed by atoms with Gasteiger partial charge in [0, 0.05) is 12.4 Å². The predicted molar refractivity (Wildman–Crippen MR) is 77.9 cm³/mol. The van der Waals surface area contributed by atoms with Gasteiger partial charge in [0.05, 0.1) is 10.9 Å². The number of aromatic nitrogens is 2. The first-order chi connectivity index (χ1) is 9.40. The molecule has 2 rings (SSSR count). The lowest BCUT2D eigenvalue weighted by Gasteiger charge is -2.13. The van der Waals surface area contributed by atoms with Crippen LogP contribution in [-0.2, 0) is 10.0 Å². The molecular weight excluding hydrogens is 274 g/mol. The maximum Gasteiger partial charge on any atom is 0.241 e. The lowest BCUT2D eigenvalue weighted by molar-refractivity contribution is 0.561. The number of nitrogens with one attached hydrogen (secondary N) is 2. The lowest BCUT2D eigenvalue weighted by Crippen LogP contribution is -2.27. The number of hydrogen-bond donors (Lipinski definition) is 2. The molecule has 0 aliphatic carbocycles. The summed E-state index contributed by atoms with van der Waals surface area (Å²) >= 11 is 0. The number of benzene rings is 1. The van der Waals surface area contributed by atoms with E-state index in [1.54, 1.807) is 31.5 Å². The van der Waals surface area contributed by atoms with E-state index in [0.717, 1.165) is 5.56 Å². The van der Waals surface area contributed by atoms with E-state index in [0.29, 0.717) is 11.7 Å². The molecule has 0 aliphatic rings. The lowest BCUT2D eigenvalue weighted by atomic mass is 10.0. The summed E-state index contributed by atoms with van der Waals surface area (Å²) in [5, 5.41) is 0. The Morgan fingerprint density at radius 1 is 1.15 bits per heavy atom. The Balaban J connectivity index is 2.18. The minimum atomic E-state index is -3.54. The van der Waals surface area contributed by atoms with Crippen LogP contribution in [0, 0.1) is 0 Å². The number of aromatic amines is 1. The normalized spacial score (nSPS) is 13.6. The van der Waals surface area contributed by atoms with Gasteiger partial charge < -0.3 is 4.98 Å². The number of imidazole rings is 1. The molecule has 1 aromatic heterocycles. The van der Waals surface area contributed by atoms with Crippen molar-refractivity contribution >= 4 is 10.0 Å². The predicted octanol–water partition coefficient (Wildman–Crippen LogP) is 2.57. The molecule has 0 saturated carbocycles. The molecule has 0 radical (unpaired) electrons. The Labute approximate surface area is 119 Å². The Morgan fingerprint density at radius 3 is 2.30 bits per heavy atom. The van der Waals surface area contributed by atoms with Gasteiger partial charge in [-0.15, -0.1) is 0 Å². The molecular formula is C14H19N3O2S. The van der Waals surface area contributed by atoms with E-state index in [9.17, 15) is 8.42 Å². The Bertz CT molecular complexity index is 646. The van der Waals surface area contributed by atoms with Crippen molar-refractivity contribution in [3.63, 3.8) is 0 Å². The second-order valence-corrected chi connectivity index (χ2v) is 6.76. The molecule has 0 saturated heterocycles. The van der Waals surface area contributed by atoms with E-state index in [1.165, 1.54) is 0 Å². The number of rotatable bonds is 5. The Kier molecular flexibility index (Phi) is 4.25. The summed E-state index contributed by atoms with van der Waals surface area (Å²) in [6, 6.07) is 6.55. The third kappa shape index (κ3) is 3.26. The van der Waals surface area contributed by atoms with Crippen molar-refractivity contribution in [1.29, 1.82) is 0 Å². The van der Waals surface area contributed by atoms with Crippen molar-refractivity contribution in [3.8, 4) is 0 Å². The van der Waals surface area contributed by atoms with E-state index in [1.807, 2.05) is 12.1 Å². The van der Waals surface area contributed by atoms with Gasteiger partial charge >= 0.3 is 0 Å². The molecule has 5 nitrogen and oxygen atoms in total. The average Bonchev–Trinajstić information content (AvgIpc) is 2.92. The summed E-state index contributed by atoms with van der Waals surface area (Å²) in [5.41, 5.74) is 1.11. The largest absolute Gasteiger partial charge is 0.347 e. The monoisotopic (exact) mass is 293 g/mol. The van der Waals surface area contributed by atoms with Crippen LogP contribution in [-0.4, -0.2) is 18.4 Å². The SMILES string of the molecule is CC(C)c1ccc(S(=O)(=O)NC(C)c2ncc[nH]2)cc1. The smallest absolute Gasteiger partial charge is 0.241 e. The van der Waals surface area contributed by atoms with Gasteiger partial charge in [0.25, 0.3) is 0 Å². The summed E-state index contributed by atoms with van der Waals surface area (Å²) in [4.78, 5) is 7.21. The van der Waals surface area contributed by atoms with E-state index in [-0.39, 0.29) is 4.90 Å². The van der Waals surface area contributed by atoms with Crippen molar-refractivity contribution in [3.05, 3.63) is 48.0 Å². The highest BCUT2D eigenvalue weighted by Crippen LogP contribution is 2.18. The van der Waals surface area contributed by atoms with Gasteiger partial charge in [0.2, 0.25) is 10.0 Å². The van der Waals surface area contributed by atoms with Crippen molar-refractivity contribution < 1.29 is 8.42 Å². The van der Waals surface area contributed by atoms with E-state index < -0.39 is 16.1 Å². The fourth-order valence-corrected chi connectivity index (χ4v) is 3.11. The molecule has 1 unspecified atom stereocenters. The topological polar surface area (TPSA) is 74.8 Å². The second kappa shape index (κ2) is 5.76. The Hall–Kier alpha value is -1.66. The molecule has 0 bridgehead atoms. The summed E-state index contributed by atoms with van der Waals surface area (Å²) in [7, 11) is -3.54. The third-order valence-corrected chi connectivity index (χ3v) is 4.68. The first-order valence-corrected chi connectivity index (χ1v) is 8.00. The van der Waals surface area contributed by atoms with Crippen LogP contribution in [0.1, 0.15) is 44.1 Å². The summed E-state index contributed by atoms with van der Waals surface area (Å²) in [6.45, 7) is 5.89. The van der Waals surface area contributed by atoms with Crippen molar-refractivity contribution in [2.75, 3.05) is 0 Å². The molecule has 1 heterocycles. The van der Waals surface area contributed by atoms with Crippen LogP contribution in [0.15, 0.2) is 41.6 Å². The zero-order chi connectivity index (χ0) is 14.8. The van der Waals surface area contributed by atoms with Gasteiger partial charge in [-0.1, -0.05) is 26.0 Å². The number of nitrogens with zero attached hydrogens (tertiary/aromatic N) is 1. The van der Waals surface area contributed by atoms with Crippen LogP contribution in [0.2, 0.25) is 0 Å². The minimum absolute atomic E-state index is 0.264. The summed E-state index contributed by atoms with van der Waals surface area (Å²) in [5.74, 6) is 0.967. The van der Waals surface area contributed by atoms with E-state index >= 15 is 0 Å². The number of hydrogen-bond acceptors (Lipinski definition) is 3. The van der Waals surface area contributed by atoms with Crippen molar-refractivity contribution in [1.82, 2.24) is 14.7 Å². The van der Waals surface area contributed by atoms with Gasteiger partial charge in [-0.05, 0) is 30.5 Å². The highest BCUT2D eigenvalue weighted by atomic mass is 32.2. The van der Waals surface area contributed by atoms with Gasteiger partial charge in [0.1, 0.15) is 5.82 Å². The molecule has 0 spiro atoms. The first kappa shape index (κ1) is 14.7. The Morgan fingerprint density at radius 2 is 1.80 bits per heavy atom. The van der Waals surface area contributed by atoms with Crippen LogP contribution in [0.4, 0.5) is 0 Å². The molecule has 20 heavy (non-hydrogen) atoms. The molecule has 0 amide bonds. The standard InChI is InChI=1S/C14H19N3O2S/c1-10(2)12-4-6-13(7-5-12)20(18,19)17-11(3)14-15-8-9-16-14/h4-11,17H,1-3H3,(H,15,16). The van der Waals surface area contributed by atoms with Crippen LogP contribution in [0.3, 0.4) is 0 Å². The summed E-state index contributed by atoms with van der Waals surface area (Å²) in [6.07, 6.45) is 3.26. The van der Waals surface area contributed by atoms with Gasteiger partial charge in [-0.2, -0.15) is 0 Å². The zero-order valence-corrected chi connectivity index (χ0v) is 12.6. The highest BCUT2D eigenvalue weighted by Gasteiger charge is 2.19. The third-order valence-electron chi connectivity index (χ3n) is 3.12. The molecule has 1 atom stereocenters. The van der Waals surface area contributed by atoms with E-state index in [4.69, 9.17) is 0 Å². The number of sulfonamides is 1. The van der Waals surface area contributed by atoms with Crippen molar-refractivity contribution in [2.24, 2.45) is 0 Å². The van der Waals surface area contributed by atoms with E-state index in [2.05, 4.69) is 28.5 Å². The minimum Gasteiger partial charge on any atom is -0.347 e. The maximum atomic E-state index is 12.3. The van der Waals surface area contributed by atoms with Crippen LogP contribution < -0.4 is 4.72 Å². The first-order valence-electron chi connectivity index (χ1n) is 6.51. The van der Waals surface area contributed by atoms with Crippen LogP contribution >= 0.6 is 0 Å². The fourth-order valence-electron chi connectivity index (χ4n) is 1.90. The van der Waals surface area contributed by atoms with Crippen LogP contribution in [0.25, 0.3) is 0 Å². The molecule has 2 aromatic rings. The molecule has 0 aliphatic heterocycles. The molecule has 108 valence electrons. The summed E-state index contributed by atoms with van der Waals surface area (Å²) < 4.78 is 27.1. The number of H-pyrrole nitrogens is 1. The van der Waals surface area contributed by atoms with Gasteiger partial charge in [-0.3, -0.25) is 0 Å². The van der Waals surface area contributed by atoms with Crippen molar-refractivity contribution in [2.45, 2.75) is 37.6 Å². The fraction of sp³-hybridized carbons (Fsp3) is 0.357. The van der Waals surface area contributed by atoms with Crippen LogP contribution in [0.5, 0.6) is 0 Å².